The zero-order chi connectivity index (χ0) is 9.84. The van der Waals surface area contributed by atoms with E-state index in [-0.39, 0.29) is 5.91 Å². The Labute approximate surface area is 86.1 Å². The van der Waals surface area contributed by atoms with Crippen molar-refractivity contribution in [3.05, 3.63) is 21.3 Å². The van der Waals surface area contributed by atoms with Crippen LogP contribution in [0.5, 0.6) is 0 Å². The van der Waals surface area contributed by atoms with Gasteiger partial charge in [0.15, 0.2) is 0 Å². The second-order valence-electron chi connectivity index (χ2n) is 2.49. The maximum absolute atomic E-state index is 11.5. The van der Waals surface area contributed by atoms with Crippen LogP contribution >= 0.6 is 22.9 Å². The van der Waals surface area contributed by atoms with Gasteiger partial charge >= 0.3 is 0 Å². The minimum atomic E-state index is -0.0881. The molecule has 4 heteroatoms. The summed E-state index contributed by atoms with van der Waals surface area (Å²) in [5.41, 5.74) is 0. The van der Waals surface area contributed by atoms with Crippen molar-refractivity contribution in [1.82, 2.24) is 4.90 Å². The van der Waals surface area contributed by atoms with E-state index in [0.29, 0.717) is 16.4 Å². The highest BCUT2D eigenvalue weighted by Gasteiger charge is 2.12. The first-order valence-electron chi connectivity index (χ1n) is 3.58. The summed E-state index contributed by atoms with van der Waals surface area (Å²) in [5.74, 6) is 2.31. The van der Waals surface area contributed by atoms with Crippen LogP contribution in [0.15, 0.2) is 11.4 Å². The van der Waals surface area contributed by atoms with Crippen LogP contribution in [0.3, 0.4) is 0 Å². The fourth-order valence-corrected chi connectivity index (χ4v) is 1.89. The van der Waals surface area contributed by atoms with Crippen molar-refractivity contribution >= 4 is 28.8 Å². The molecule has 0 fully saturated rings. The Kier molecular flexibility index (Phi) is 3.35. The third-order valence-electron chi connectivity index (χ3n) is 1.45. The monoisotopic (exact) mass is 213 g/mol. The number of hydrogen-bond donors (Lipinski definition) is 0. The molecule has 0 bridgehead atoms. The van der Waals surface area contributed by atoms with Crippen LogP contribution in [0, 0.1) is 12.3 Å². The van der Waals surface area contributed by atoms with E-state index in [0.717, 1.165) is 0 Å². The number of carbonyl (C=O) groups is 1. The summed E-state index contributed by atoms with van der Waals surface area (Å²) >= 11 is 7.01. The quantitative estimate of drug-likeness (QED) is 0.690. The van der Waals surface area contributed by atoms with Gasteiger partial charge < -0.3 is 4.90 Å². The van der Waals surface area contributed by atoms with Gasteiger partial charge in [0.05, 0.1) is 16.4 Å². The highest BCUT2D eigenvalue weighted by Crippen LogP contribution is 2.20. The van der Waals surface area contributed by atoms with Gasteiger partial charge in [0.2, 0.25) is 0 Å². The molecular weight excluding hydrogens is 206 g/mol. The predicted octanol–water partition coefficient (Wildman–Crippen LogP) is 2.11. The van der Waals surface area contributed by atoms with E-state index in [9.17, 15) is 4.79 Å². The lowest BCUT2D eigenvalue weighted by Gasteiger charge is -2.11. The highest BCUT2D eigenvalue weighted by atomic mass is 35.5. The molecule has 0 aliphatic rings. The molecule has 1 rings (SSSR count). The number of halogens is 1. The third kappa shape index (κ3) is 2.48. The van der Waals surface area contributed by atoms with Crippen LogP contribution in [-0.4, -0.2) is 24.4 Å². The van der Waals surface area contributed by atoms with Crippen molar-refractivity contribution in [3.63, 3.8) is 0 Å². The first-order chi connectivity index (χ1) is 6.15. The number of rotatable bonds is 2. The minimum absolute atomic E-state index is 0.0881. The predicted molar refractivity (Wildman–Crippen MR) is 55.1 cm³/mol. The number of amides is 1. The van der Waals surface area contributed by atoms with Crippen LogP contribution in [-0.2, 0) is 0 Å². The van der Waals surface area contributed by atoms with Gasteiger partial charge in [-0.3, -0.25) is 4.79 Å². The van der Waals surface area contributed by atoms with E-state index in [4.69, 9.17) is 18.0 Å². The molecule has 0 saturated heterocycles. The van der Waals surface area contributed by atoms with Gasteiger partial charge in [-0.1, -0.05) is 17.5 Å². The van der Waals surface area contributed by atoms with E-state index < -0.39 is 0 Å². The standard InChI is InChI=1S/C9H8ClNOS/c1-3-4-11(2)9(12)8-5-7(10)6-13-8/h1,5-6H,4H2,2H3. The molecule has 1 heterocycles. The van der Waals surface area contributed by atoms with Gasteiger partial charge in [0.25, 0.3) is 5.91 Å². The summed E-state index contributed by atoms with van der Waals surface area (Å²) in [6.07, 6.45) is 5.08. The van der Waals surface area contributed by atoms with Crippen molar-refractivity contribution in [2.45, 2.75) is 0 Å². The molecule has 1 aromatic heterocycles. The second-order valence-corrected chi connectivity index (χ2v) is 3.84. The summed E-state index contributed by atoms with van der Waals surface area (Å²) in [4.78, 5) is 13.6. The average molecular weight is 214 g/mol. The number of carbonyl (C=O) groups excluding carboxylic acids is 1. The Bertz CT molecular complexity index is 353. The van der Waals surface area contributed by atoms with Crippen LogP contribution in [0.4, 0.5) is 0 Å². The number of thiophene rings is 1. The van der Waals surface area contributed by atoms with Crippen LogP contribution in [0.2, 0.25) is 5.02 Å². The maximum Gasteiger partial charge on any atom is 0.264 e. The van der Waals surface area contributed by atoms with Gasteiger partial charge in [0, 0.05) is 12.4 Å². The molecule has 2 nitrogen and oxygen atoms in total. The van der Waals surface area contributed by atoms with E-state index >= 15 is 0 Å². The van der Waals surface area contributed by atoms with Crippen molar-refractivity contribution in [2.24, 2.45) is 0 Å². The minimum Gasteiger partial charge on any atom is -0.330 e. The molecule has 68 valence electrons. The Hall–Kier alpha value is -0.980. The number of hydrogen-bond acceptors (Lipinski definition) is 2. The summed E-state index contributed by atoms with van der Waals surface area (Å²) in [6.45, 7) is 0.314. The molecule has 0 aromatic carbocycles. The highest BCUT2D eigenvalue weighted by molar-refractivity contribution is 7.12. The first kappa shape index (κ1) is 10.1. The van der Waals surface area contributed by atoms with Crippen LogP contribution < -0.4 is 0 Å². The SMILES string of the molecule is C#CCN(C)C(=O)c1cc(Cl)cs1. The molecule has 0 unspecified atom stereocenters. The van der Waals surface area contributed by atoms with E-state index in [1.807, 2.05) is 0 Å². The molecule has 0 spiro atoms. The lowest BCUT2D eigenvalue weighted by atomic mass is 10.4. The van der Waals surface area contributed by atoms with Crippen molar-refractivity contribution in [2.75, 3.05) is 13.6 Å². The molecule has 0 saturated carbocycles. The molecule has 1 amide bonds. The first-order valence-corrected chi connectivity index (χ1v) is 4.84. The Balaban J connectivity index is 2.74. The van der Waals surface area contributed by atoms with Crippen molar-refractivity contribution in [3.8, 4) is 12.3 Å². The smallest absolute Gasteiger partial charge is 0.264 e. The fraction of sp³-hybridized carbons (Fsp3) is 0.222. The topological polar surface area (TPSA) is 20.3 Å². The van der Waals surface area contributed by atoms with Gasteiger partial charge in [-0.25, -0.2) is 0 Å². The van der Waals surface area contributed by atoms with E-state index in [1.165, 1.54) is 16.2 Å². The zero-order valence-corrected chi connectivity index (χ0v) is 8.65. The average Bonchev–Trinajstić information content (AvgIpc) is 2.51. The zero-order valence-electron chi connectivity index (χ0n) is 7.08. The third-order valence-corrected chi connectivity index (χ3v) is 2.72. The van der Waals surface area contributed by atoms with Crippen molar-refractivity contribution in [1.29, 1.82) is 0 Å². The number of nitrogens with zero attached hydrogens (tertiary/aromatic N) is 1. The molecule has 13 heavy (non-hydrogen) atoms. The van der Waals surface area contributed by atoms with E-state index in [1.54, 1.807) is 18.5 Å². The van der Waals surface area contributed by atoms with Crippen LogP contribution in [0.1, 0.15) is 9.67 Å². The molecule has 0 N–H and O–H groups in total. The summed E-state index contributed by atoms with van der Waals surface area (Å²) < 4.78 is 0. The fourth-order valence-electron chi connectivity index (χ4n) is 0.822. The Morgan fingerprint density at radius 1 is 1.85 bits per heavy atom. The maximum atomic E-state index is 11.5. The summed E-state index contributed by atoms with van der Waals surface area (Å²) in [5, 5.41) is 2.31. The Morgan fingerprint density at radius 2 is 2.54 bits per heavy atom. The molecular formula is C9H8ClNOS. The molecule has 0 atom stereocenters. The molecule has 1 aromatic rings. The van der Waals surface area contributed by atoms with E-state index in [2.05, 4.69) is 5.92 Å². The van der Waals surface area contributed by atoms with Crippen LogP contribution in [0.25, 0.3) is 0 Å². The second kappa shape index (κ2) is 4.31. The normalized spacial score (nSPS) is 9.31. The molecule has 0 aliphatic carbocycles. The Morgan fingerprint density at radius 3 is 3.00 bits per heavy atom. The summed E-state index contributed by atoms with van der Waals surface area (Å²) in [7, 11) is 1.66. The molecule has 0 aliphatic heterocycles. The summed E-state index contributed by atoms with van der Waals surface area (Å²) in [6, 6.07) is 1.64. The van der Waals surface area contributed by atoms with Gasteiger partial charge in [-0.2, -0.15) is 0 Å². The van der Waals surface area contributed by atoms with Gasteiger partial charge in [-0.15, -0.1) is 17.8 Å². The molecule has 0 radical (unpaired) electrons. The van der Waals surface area contributed by atoms with Crippen molar-refractivity contribution < 1.29 is 4.79 Å². The number of terminal acetylenes is 1. The lowest BCUT2D eigenvalue weighted by Crippen LogP contribution is -2.26. The lowest BCUT2D eigenvalue weighted by molar-refractivity contribution is 0.0817. The van der Waals surface area contributed by atoms with Gasteiger partial charge in [-0.05, 0) is 6.07 Å². The largest absolute Gasteiger partial charge is 0.330 e. The van der Waals surface area contributed by atoms with Gasteiger partial charge in [0.1, 0.15) is 0 Å².